The van der Waals surface area contributed by atoms with Crippen LogP contribution in [-0.4, -0.2) is 37.7 Å². The standard InChI is InChI=1S/C9H18N4O2S/c1-7(2)10-5-8-6-11-9(12-8)13(3)16(4,14)15/h6-7,10H,5H2,1-4H3,(H,11,12). The first kappa shape index (κ1) is 13.0. The summed E-state index contributed by atoms with van der Waals surface area (Å²) in [4.78, 5) is 7.01. The molecule has 0 bridgehead atoms. The van der Waals surface area contributed by atoms with Crippen LogP contribution in [0.5, 0.6) is 0 Å². The highest BCUT2D eigenvalue weighted by atomic mass is 32.2. The molecule has 6 nitrogen and oxygen atoms in total. The van der Waals surface area contributed by atoms with E-state index >= 15 is 0 Å². The van der Waals surface area contributed by atoms with Crippen LogP contribution in [0.3, 0.4) is 0 Å². The molecule has 0 atom stereocenters. The van der Waals surface area contributed by atoms with E-state index in [-0.39, 0.29) is 0 Å². The Morgan fingerprint density at radius 1 is 1.56 bits per heavy atom. The Bertz CT molecular complexity index is 438. The molecule has 2 N–H and O–H groups in total. The first-order valence-electron chi connectivity index (χ1n) is 5.02. The Hall–Kier alpha value is -1.08. The monoisotopic (exact) mass is 246 g/mol. The van der Waals surface area contributed by atoms with Crippen LogP contribution in [0.1, 0.15) is 19.5 Å². The third kappa shape index (κ3) is 3.49. The summed E-state index contributed by atoms with van der Waals surface area (Å²) in [6.07, 6.45) is 2.84. The molecular weight excluding hydrogens is 228 g/mol. The second kappa shape index (κ2) is 4.84. The molecule has 0 aromatic carbocycles. The van der Waals surface area contributed by atoms with Gasteiger partial charge in [0.15, 0.2) is 0 Å². The Balaban J connectivity index is 2.72. The molecule has 0 aliphatic heterocycles. The van der Waals surface area contributed by atoms with E-state index in [0.29, 0.717) is 18.5 Å². The molecule has 0 saturated carbocycles. The number of H-pyrrole nitrogens is 1. The molecule has 1 rings (SSSR count). The minimum absolute atomic E-state index is 0.336. The fourth-order valence-corrected chi connectivity index (χ4v) is 1.47. The average molecular weight is 246 g/mol. The molecule has 92 valence electrons. The largest absolute Gasteiger partial charge is 0.330 e. The third-order valence-electron chi connectivity index (χ3n) is 2.10. The number of aromatic amines is 1. The Labute approximate surface area is 96.1 Å². The minimum Gasteiger partial charge on any atom is -0.330 e. The molecule has 1 heterocycles. The number of hydrogen-bond donors (Lipinski definition) is 2. The van der Waals surface area contributed by atoms with Gasteiger partial charge in [0, 0.05) is 25.8 Å². The lowest BCUT2D eigenvalue weighted by Crippen LogP contribution is -2.26. The molecule has 0 amide bonds. The molecule has 0 aliphatic rings. The molecule has 0 fully saturated rings. The second-order valence-electron chi connectivity index (χ2n) is 3.98. The van der Waals surface area contributed by atoms with E-state index < -0.39 is 10.0 Å². The van der Waals surface area contributed by atoms with Crippen LogP contribution in [-0.2, 0) is 16.6 Å². The number of anilines is 1. The first-order chi connectivity index (χ1) is 7.30. The van der Waals surface area contributed by atoms with E-state index in [4.69, 9.17) is 0 Å². The van der Waals surface area contributed by atoms with E-state index in [1.54, 1.807) is 6.20 Å². The topological polar surface area (TPSA) is 78.1 Å². The van der Waals surface area contributed by atoms with Crippen LogP contribution in [0.25, 0.3) is 0 Å². The lowest BCUT2D eigenvalue weighted by molar-refractivity contribution is 0.582. The zero-order valence-corrected chi connectivity index (χ0v) is 10.8. The molecule has 0 unspecified atom stereocenters. The highest BCUT2D eigenvalue weighted by molar-refractivity contribution is 7.92. The maximum atomic E-state index is 11.3. The first-order valence-corrected chi connectivity index (χ1v) is 6.87. The number of aromatic nitrogens is 2. The van der Waals surface area contributed by atoms with Gasteiger partial charge in [-0.2, -0.15) is 0 Å². The predicted molar refractivity (Wildman–Crippen MR) is 63.8 cm³/mol. The summed E-state index contributed by atoms with van der Waals surface area (Å²) in [5, 5.41) is 3.20. The van der Waals surface area contributed by atoms with E-state index in [0.717, 1.165) is 16.3 Å². The lowest BCUT2D eigenvalue weighted by atomic mass is 10.4. The van der Waals surface area contributed by atoms with Crippen molar-refractivity contribution < 1.29 is 8.42 Å². The van der Waals surface area contributed by atoms with Gasteiger partial charge in [-0.1, -0.05) is 13.8 Å². The van der Waals surface area contributed by atoms with Gasteiger partial charge in [0.1, 0.15) is 0 Å². The molecule has 0 aliphatic carbocycles. The van der Waals surface area contributed by atoms with Gasteiger partial charge in [-0.05, 0) is 0 Å². The fourth-order valence-electron chi connectivity index (χ4n) is 1.07. The quantitative estimate of drug-likeness (QED) is 0.783. The Morgan fingerprint density at radius 2 is 2.19 bits per heavy atom. The summed E-state index contributed by atoms with van der Waals surface area (Å²) in [5.74, 6) is 0.336. The van der Waals surface area contributed by atoms with Crippen molar-refractivity contribution in [3.05, 3.63) is 11.9 Å². The number of sulfonamides is 1. The maximum absolute atomic E-state index is 11.3. The van der Waals surface area contributed by atoms with Gasteiger partial charge >= 0.3 is 0 Å². The molecular formula is C9H18N4O2S. The van der Waals surface area contributed by atoms with Crippen molar-refractivity contribution in [1.29, 1.82) is 0 Å². The van der Waals surface area contributed by atoms with Crippen molar-refractivity contribution in [1.82, 2.24) is 15.3 Å². The zero-order chi connectivity index (χ0) is 12.3. The van der Waals surface area contributed by atoms with Gasteiger partial charge in [0.2, 0.25) is 16.0 Å². The summed E-state index contributed by atoms with van der Waals surface area (Å²) in [6.45, 7) is 4.69. The van der Waals surface area contributed by atoms with Crippen molar-refractivity contribution in [2.45, 2.75) is 26.4 Å². The average Bonchev–Trinajstić information content (AvgIpc) is 2.60. The minimum atomic E-state index is -3.25. The molecule has 0 spiro atoms. The van der Waals surface area contributed by atoms with Gasteiger partial charge in [-0.25, -0.2) is 17.7 Å². The van der Waals surface area contributed by atoms with Crippen LogP contribution >= 0.6 is 0 Å². The zero-order valence-electron chi connectivity index (χ0n) is 9.98. The molecule has 1 aromatic rings. The van der Waals surface area contributed by atoms with Crippen LogP contribution in [0.2, 0.25) is 0 Å². The maximum Gasteiger partial charge on any atom is 0.234 e. The number of nitrogens with one attached hydrogen (secondary N) is 2. The molecule has 16 heavy (non-hydrogen) atoms. The summed E-state index contributed by atoms with van der Waals surface area (Å²) in [5.41, 5.74) is 0.791. The van der Waals surface area contributed by atoms with Crippen molar-refractivity contribution >= 4 is 16.0 Å². The van der Waals surface area contributed by atoms with Gasteiger partial charge in [0.05, 0.1) is 11.9 Å². The highest BCUT2D eigenvalue weighted by Crippen LogP contribution is 2.10. The fraction of sp³-hybridized carbons (Fsp3) is 0.667. The van der Waals surface area contributed by atoms with Gasteiger partial charge in [-0.15, -0.1) is 0 Å². The van der Waals surface area contributed by atoms with E-state index in [9.17, 15) is 8.42 Å². The summed E-state index contributed by atoms with van der Waals surface area (Å²) >= 11 is 0. The van der Waals surface area contributed by atoms with E-state index in [2.05, 4.69) is 15.3 Å². The SMILES string of the molecule is CC(C)NCc1c[nH]c(N(C)S(C)(=O)=O)n1. The van der Waals surface area contributed by atoms with Crippen LogP contribution in [0, 0.1) is 0 Å². The van der Waals surface area contributed by atoms with Gasteiger partial charge in [0.25, 0.3) is 0 Å². The summed E-state index contributed by atoms with van der Waals surface area (Å²) in [7, 11) is -1.79. The van der Waals surface area contributed by atoms with Crippen molar-refractivity contribution in [2.75, 3.05) is 17.6 Å². The molecule has 7 heteroatoms. The molecule has 0 saturated heterocycles. The van der Waals surface area contributed by atoms with Crippen molar-refractivity contribution in [3.63, 3.8) is 0 Å². The van der Waals surface area contributed by atoms with Crippen molar-refractivity contribution in [2.24, 2.45) is 0 Å². The Morgan fingerprint density at radius 3 is 2.69 bits per heavy atom. The number of nitrogens with zero attached hydrogens (tertiary/aromatic N) is 2. The molecule has 0 radical (unpaired) electrons. The third-order valence-corrected chi connectivity index (χ3v) is 3.27. The van der Waals surface area contributed by atoms with Gasteiger partial charge < -0.3 is 10.3 Å². The summed E-state index contributed by atoms with van der Waals surface area (Å²) < 4.78 is 23.6. The van der Waals surface area contributed by atoms with Crippen LogP contribution < -0.4 is 9.62 Å². The second-order valence-corrected chi connectivity index (χ2v) is 6.00. The number of imidazole rings is 1. The molecule has 1 aromatic heterocycles. The Kier molecular flexibility index (Phi) is 3.93. The summed E-state index contributed by atoms with van der Waals surface area (Å²) in [6, 6.07) is 0.368. The van der Waals surface area contributed by atoms with Gasteiger partial charge in [-0.3, -0.25) is 0 Å². The van der Waals surface area contributed by atoms with Crippen molar-refractivity contribution in [3.8, 4) is 0 Å². The highest BCUT2D eigenvalue weighted by Gasteiger charge is 2.15. The van der Waals surface area contributed by atoms with Crippen LogP contribution in [0.15, 0.2) is 6.20 Å². The number of hydrogen-bond acceptors (Lipinski definition) is 4. The number of rotatable bonds is 5. The smallest absolute Gasteiger partial charge is 0.234 e. The predicted octanol–water partition coefficient (Wildman–Crippen LogP) is 0.304. The van der Waals surface area contributed by atoms with E-state index in [1.165, 1.54) is 7.05 Å². The normalized spacial score (nSPS) is 12.1. The van der Waals surface area contributed by atoms with E-state index in [1.807, 2.05) is 13.8 Å². The lowest BCUT2D eigenvalue weighted by Gasteiger charge is -2.12. The van der Waals surface area contributed by atoms with Crippen LogP contribution in [0.4, 0.5) is 5.95 Å².